The molecule has 13 heteroatoms. The monoisotopic (exact) mass is 596 g/mol. The Morgan fingerprint density at radius 2 is 1.74 bits per heavy atom. The highest BCUT2D eigenvalue weighted by atomic mass is 19.4. The Bertz CT molecular complexity index is 1570. The Hall–Kier alpha value is -4.91. The van der Waals surface area contributed by atoms with Gasteiger partial charge in [0.25, 0.3) is 5.91 Å². The minimum atomic E-state index is -4.80. The van der Waals surface area contributed by atoms with E-state index in [-0.39, 0.29) is 23.9 Å². The number of amides is 3. The van der Waals surface area contributed by atoms with Gasteiger partial charge in [0.2, 0.25) is 0 Å². The smallest absolute Gasteiger partial charge is 0.420 e. The zero-order chi connectivity index (χ0) is 31.0. The lowest BCUT2D eigenvalue weighted by Crippen LogP contribution is -2.21. The number of nitrogens with one attached hydrogen (secondary N) is 3. The minimum Gasteiger partial charge on any atom is -0.457 e. The molecule has 2 aromatic carbocycles. The fourth-order valence-corrected chi connectivity index (χ4v) is 4.06. The number of alkyl halides is 3. The molecule has 2 aromatic heterocycles. The quantitative estimate of drug-likeness (QED) is 0.172. The predicted octanol–water partition coefficient (Wildman–Crippen LogP) is 6.96. The summed E-state index contributed by atoms with van der Waals surface area (Å²) in [6.07, 6.45) is -0.936. The van der Waals surface area contributed by atoms with E-state index in [1.807, 2.05) is 31.2 Å². The molecular formula is C30H31F3N6O4. The molecule has 10 nitrogen and oxygen atoms in total. The summed E-state index contributed by atoms with van der Waals surface area (Å²) >= 11 is 0. The molecule has 4 aromatic rings. The molecule has 0 saturated carbocycles. The van der Waals surface area contributed by atoms with E-state index < -0.39 is 29.4 Å². The number of ether oxygens (including phenoxy) is 2. The Morgan fingerprint density at radius 3 is 2.44 bits per heavy atom. The van der Waals surface area contributed by atoms with Crippen molar-refractivity contribution >= 4 is 29.3 Å². The average molecular weight is 597 g/mol. The number of hydrogen-bond acceptors (Lipinski definition) is 6. The summed E-state index contributed by atoms with van der Waals surface area (Å²) < 4.78 is 53.9. The highest BCUT2D eigenvalue weighted by molar-refractivity contribution is 5.99. The minimum absolute atomic E-state index is 0.00918. The Morgan fingerprint density at radius 1 is 0.977 bits per heavy atom. The molecule has 0 aliphatic heterocycles. The van der Waals surface area contributed by atoms with Gasteiger partial charge in [-0.3, -0.25) is 10.1 Å². The van der Waals surface area contributed by atoms with Gasteiger partial charge < -0.3 is 20.1 Å². The van der Waals surface area contributed by atoms with Gasteiger partial charge in [-0.1, -0.05) is 31.0 Å². The molecule has 0 aliphatic carbocycles. The number of pyridine rings is 1. The molecule has 0 aliphatic rings. The van der Waals surface area contributed by atoms with Gasteiger partial charge >= 0.3 is 12.2 Å². The first-order valence-electron chi connectivity index (χ1n) is 13.4. The number of urea groups is 1. The molecule has 0 fully saturated rings. The van der Waals surface area contributed by atoms with E-state index in [1.54, 1.807) is 10.7 Å². The van der Waals surface area contributed by atoms with Crippen LogP contribution in [0.2, 0.25) is 0 Å². The molecule has 226 valence electrons. The van der Waals surface area contributed by atoms with E-state index in [0.717, 1.165) is 41.9 Å². The molecule has 3 N–H and O–H groups in total. The van der Waals surface area contributed by atoms with Crippen molar-refractivity contribution in [2.24, 2.45) is 0 Å². The van der Waals surface area contributed by atoms with Crippen molar-refractivity contribution < 1.29 is 32.2 Å². The maximum Gasteiger partial charge on any atom is 0.420 e. The standard InChI is InChI=1S/C30H31F3N6O4/c1-4-5-6-21-16-27(39(38-21)22-10-7-19(2)8-11-22)37-29(41)35-20-9-12-25(24(15-20)30(31,32)33)43-23-13-14-34-26(17-23)36-28(40)18-42-3/h7-17H,4-6,18H2,1-3H3,(H,34,36,40)(H2,35,37,41). The van der Waals surface area contributed by atoms with Crippen LogP contribution in [0.5, 0.6) is 11.5 Å². The second-order valence-electron chi connectivity index (χ2n) is 9.62. The normalized spacial score (nSPS) is 11.2. The van der Waals surface area contributed by atoms with Gasteiger partial charge in [-0.15, -0.1) is 0 Å². The summed E-state index contributed by atoms with van der Waals surface area (Å²) in [5.74, 6) is -0.539. The van der Waals surface area contributed by atoms with Crippen LogP contribution in [0, 0.1) is 6.92 Å². The van der Waals surface area contributed by atoms with Gasteiger partial charge in [0.15, 0.2) is 0 Å². The van der Waals surface area contributed by atoms with E-state index >= 15 is 0 Å². The van der Waals surface area contributed by atoms with Crippen molar-refractivity contribution in [2.75, 3.05) is 29.7 Å². The maximum atomic E-state index is 14.0. The van der Waals surface area contributed by atoms with Crippen molar-refractivity contribution in [3.05, 3.63) is 83.7 Å². The topological polar surface area (TPSA) is 119 Å². The summed E-state index contributed by atoms with van der Waals surface area (Å²) in [6.45, 7) is 3.80. The van der Waals surface area contributed by atoms with Crippen molar-refractivity contribution in [3.8, 4) is 17.2 Å². The number of methoxy groups -OCH3 is 1. The fraction of sp³-hybridized carbons (Fsp3) is 0.267. The number of anilines is 3. The van der Waals surface area contributed by atoms with E-state index in [1.165, 1.54) is 31.5 Å². The lowest BCUT2D eigenvalue weighted by atomic mass is 10.1. The number of rotatable bonds is 11. The third-order valence-electron chi connectivity index (χ3n) is 6.11. The molecule has 0 unspecified atom stereocenters. The van der Waals surface area contributed by atoms with Gasteiger partial charge in [-0.2, -0.15) is 18.3 Å². The van der Waals surface area contributed by atoms with Gasteiger partial charge in [-0.25, -0.2) is 14.5 Å². The SMILES string of the molecule is CCCCc1cc(NC(=O)Nc2ccc(Oc3ccnc(NC(=O)COC)c3)c(C(F)(F)F)c2)n(-c2ccc(C)cc2)n1. The van der Waals surface area contributed by atoms with Crippen LogP contribution in [0.4, 0.5) is 35.3 Å². The van der Waals surface area contributed by atoms with Crippen LogP contribution in [-0.4, -0.2) is 40.4 Å². The van der Waals surface area contributed by atoms with Crippen LogP contribution in [0.1, 0.15) is 36.6 Å². The summed E-state index contributed by atoms with van der Waals surface area (Å²) in [7, 11) is 1.35. The summed E-state index contributed by atoms with van der Waals surface area (Å²) in [6, 6.07) is 14.3. The van der Waals surface area contributed by atoms with Crippen LogP contribution in [0.15, 0.2) is 66.9 Å². The Labute approximate surface area is 246 Å². The van der Waals surface area contributed by atoms with Crippen LogP contribution in [0.3, 0.4) is 0 Å². The molecule has 0 bridgehead atoms. The van der Waals surface area contributed by atoms with Crippen LogP contribution < -0.4 is 20.7 Å². The first-order chi connectivity index (χ1) is 20.5. The molecular weight excluding hydrogens is 565 g/mol. The first kappa shape index (κ1) is 31.0. The van der Waals surface area contributed by atoms with Gasteiger partial charge in [0.05, 0.1) is 11.4 Å². The molecule has 3 amide bonds. The van der Waals surface area contributed by atoms with Crippen molar-refractivity contribution in [1.82, 2.24) is 14.8 Å². The number of benzene rings is 2. The third-order valence-corrected chi connectivity index (χ3v) is 6.11. The van der Waals surface area contributed by atoms with Gasteiger partial charge in [0.1, 0.15) is 35.3 Å². The summed E-state index contributed by atoms with van der Waals surface area (Å²) in [5, 5.41) is 12.2. The second kappa shape index (κ2) is 13.8. The number of halogens is 3. The fourth-order valence-electron chi connectivity index (χ4n) is 4.06. The third kappa shape index (κ3) is 8.55. The lowest BCUT2D eigenvalue weighted by Gasteiger charge is -2.16. The second-order valence-corrected chi connectivity index (χ2v) is 9.62. The lowest BCUT2D eigenvalue weighted by molar-refractivity contribution is -0.138. The van der Waals surface area contributed by atoms with Crippen molar-refractivity contribution in [2.45, 2.75) is 39.3 Å². The molecule has 0 radical (unpaired) electrons. The molecule has 0 atom stereocenters. The largest absolute Gasteiger partial charge is 0.457 e. The number of aryl methyl sites for hydroxylation is 2. The molecule has 0 saturated heterocycles. The zero-order valence-electron chi connectivity index (χ0n) is 23.8. The zero-order valence-corrected chi connectivity index (χ0v) is 23.8. The number of carbonyl (C=O) groups is 2. The highest BCUT2D eigenvalue weighted by Crippen LogP contribution is 2.40. The van der Waals surface area contributed by atoms with Gasteiger partial charge in [0, 0.05) is 31.1 Å². The van der Waals surface area contributed by atoms with Crippen LogP contribution in [0.25, 0.3) is 5.69 Å². The van der Waals surface area contributed by atoms with Crippen molar-refractivity contribution in [1.29, 1.82) is 0 Å². The van der Waals surface area contributed by atoms with Crippen molar-refractivity contribution in [3.63, 3.8) is 0 Å². The van der Waals surface area contributed by atoms with E-state index in [0.29, 0.717) is 12.2 Å². The number of unbranched alkanes of at least 4 members (excludes halogenated alkanes) is 1. The Balaban J connectivity index is 1.53. The van der Waals surface area contributed by atoms with Crippen LogP contribution >= 0.6 is 0 Å². The summed E-state index contributed by atoms with van der Waals surface area (Å²) in [5.41, 5.74) is 1.34. The van der Waals surface area contributed by atoms with E-state index in [2.05, 4.69) is 33.0 Å². The molecule has 43 heavy (non-hydrogen) atoms. The maximum absolute atomic E-state index is 14.0. The first-order valence-corrected chi connectivity index (χ1v) is 13.4. The number of hydrogen-bond donors (Lipinski definition) is 3. The number of nitrogens with zero attached hydrogens (tertiary/aromatic N) is 3. The highest BCUT2D eigenvalue weighted by Gasteiger charge is 2.35. The Kier molecular flexibility index (Phi) is 9.99. The molecule has 0 spiro atoms. The van der Waals surface area contributed by atoms with Gasteiger partial charge in [-0.05, 0) is 56.2 Å². The van der Waals surface area contributed by atoms with Crippen LogP contribution in [-0.2, 0) is 22.1 Å². The van der Waals surface area contributed by atoms with E-state index in [9.17, 15) is 22.8 Å². The molecule has 4 rings (SSSR count). The average Bonchev–Trinajstić information content (AvgIpc) is 3.35. The number of carbonyl (C=O) groups excluding carboxylic acids is 2. The number of aromatic nitrogens is 3. The predicted molar refractivity (Wildman–Crippen MR) is 156 cm³/mol. The summed E-state index contributed by atoms with van der Waals surface area (Å²) in [4.78, 5) is 28.6. The molecule has 2 heterocycles. The van der Waals surface area contributed by atoms with E-state index in [4.69, 9.17) is 9.47 Å².